The molecule has 0 saturated carbocycles. The Balaban J connectivity index is 1.87. The zero-order valence-electron chi connectivity index (χ0n) is 10.1. The van der Waals surface area contributed by atoms with Crippen molar-refractivity contribution in [2.24, 2.45) is 0 Å². The molecule has 2 heterocycles. The van der Waals surface area contributed by atoms with Gasteiger partial charge in [-0.3, -0.25) is 0 Å². The summed E-state index contributed by atoms with van der Waals surface area (Å²) in [7, 11) is 0. The number of nitrogens with zero attached hydrogens (tertiary/aromatic N) is 3. The number of aromatic nitrogens is 3. The smallest absolute Gasteiger partial charge is 0.262 e. The molecule has 0 spiro atoms. The van der Waals surface area contributed by atoms with Gasteiger partial charge in [-0.15, -0.1) is 0 Å². The van der Waals surface area contributed by atoms with Gasteiger partial charge in [0.2, 0.25) is 0 Å². The van der Waals surface area contributed by atoms with Crippen molar-refractivity contribution in [3.05, 3.63) is 47.8 Å². The van der Waals surface area contributed by atoms with Crippen molar-refractivity contribution in [3.8, 4) is 5.88 Å². The van der Waals surface area contributed by atoms with Crippen LogP contribution < -0.4 is 4.74 Å². The lowest BCUT2D eigenvalue weighted by molar-refractivity contribution is 0.266. The molecule has 6 heteroatoms. The average Bonchev–Trinajstić information content (AvgIpc) is 2.80. The summed E-state index contributed by atoms with van der Waals surface area (Å²) in [4.78, 5) is 8.07. The molecule has 1 aromatic carbocycles. The summed E-state index contributed by atoms with van der Waals surface area (Å²) in [6, 6.07) is 4.66. The summed E-state index contributed by atoms with van der Waals surface area (Å²) in [5, 5.41) is 4.41. The molecular weight excluding hydrogens is 249 g/mol. The summed E-state index contributed by atoms with van der Waals surface area (Å²) in [6.07, 6.45) is 3.26. The summed E-state index contributed by atoms with van der Waals surface area (Å²) in [5.41, 5.74) is 0.864. The summed E-state index contributed by atoms with van der Waals surface area (Å²) < 4.78 is 23.9. The summed E-state index contributed by atoms with van der Waals surface area (Å²) in [5.74, 6) is 0.518. The van der Waals surface area contributed by atoms with Gasteiger partial charge in [0.1, 0.15) is 12.4 Å². The largest absolute Gasteiger partial charge is 0.467 e. The second-order valence-corrected chi connectivity index (χ2v) is 4.04. The van der Waals surface area contributed by atoms with Crippen molar-refractivity contribution in [2.45, 2.75) is 13.5 Å². The van der Waals surface area contributed by atoms with Crippen LogP contribution in [0.15, 0.2) is 35.1 Å². The molecule has 0 aliphatic carbocycles. The lowest BCUT2D eigenvalue weighted by atomic mass is 10.2. The zero-order chi connectivity index (χ0) is 13.2. The second-order valence-electron chi connectivity index (χ2n) is 4.04. The number of benzene rings is 1. The van der Waals surface area contributed by atoms with Crippen molar-refractivity contribution < 1.29 is 13.7 Å². The first-order chi connectivity index (χ1) is 9.24. The van der Waals surface area contributed by atoms with Crippen molar-refractivity contribution in [3.63, 3.8) is 0 Å². The van der Waals surface area contributed by atoms with Gasteiger partial charge >= 0.3 is 0 Å². The van der Waals surface area contributed by atoms with Crippen LogP contribution in [0.3, 0.4) is 0 Å². The highest BCUT2D eigenvalue weighted by Gasteiger charge is 2.12. The molecule has 0 amide bonds. The molecule has 5 nitrogen and oxygen atoms in total. The van der Waals surface area contributed by atoms with Crippen LogP contribution in [0.5, 0.6) is 5.88 Å². The van der Waals surface area contributed by atoms with Gasteiger partial charge in [0, 0.05) is 18.5 Å². The molecule has 0 unspecified atom stereocenters. The van der Waals surface area contributed by atoms with Gasteiger partial charge in [0.25, 0.3) is 5.88 Å². The number of hydrogen-bond donors (Lipinski definition) is 0. The van der Waals surface area contributed by atoms with Crippen LogP contribution in [0.1, 0.15) is 11.4 Å². The minimum absolute atomic E-state index is 0.179. The predicted octanol–water partition coefficient (Wildman–Crippen LogP) is 2.64. The van der Waals surface area contributed by atoms with Crippen LogP contribution >= 0.6 is 0 Å². The number of aryl methyl sites for hydroxylation is 1. The molecular formula is C13H10FN3O2. The molecule has 3 aromatic rings. The van der Waals surface area contributed by atoms with Gasteiger partial charge in [-0.2, -0.15) is 0 Å². The van der Waals surface area contributed by atoms with E-state index in [2.05, 4.69) is 15.1 Å². The highest BCUT2D eigenvalue weighted by atomic mass is 19.1. The normalized spacial score (nSPS) is 10.8. The van der Waals surface area contributed by atoms with E-state index in [1.54, 1.807) is 31.5 Å². The first kappa shape index (κ1) is 11.6. The van der Waals surface area contributed by atoms with Crippen LogP contribution in [0.25, 0.3) is 11.0 Å². The SMILES string of the molecule is Cc1cc2c(OCc3ncccn3)noc2cc1F. The molecule has 0 aliphatic rings. The van der Waals surface area contributed by atoms with Crippen LogP contribution in [-0.4, -0.2) is 15.1 Å². The van der Waals surface area contributed by atoms with Gasteiger partial charge in [0.05, 0.1) is 5.39 Å². The fraction of sp³-hybridized carbons (Fsp3) is 0.154. The minimum Gasteiger partial charge on any atom is -0.467 e. The third kappa shape index (κ3) is 2.24. The van der Waals surface area contributed by atoms with Gasteiger partial charge in [-0.05, 0) is 29.8 Å². The van der Waals surface area contributed by atoms with Crippen molar-refractivity contribution in [1.82, 2.24) is 15.1 Å². The Morgan fingerprint density at radius 2 is 2.05 bits per heavy atom. The molecule has 0 bridgehead atoms. The molecule has 3 rings (SSSR count). The quantitative estimate of drug-likeness (QED) is 0.723. The fourth-order valence-corrected chi connectivity index (χ4v) is 1.69. The fourth-order valence-electron chi connectivity index (χ4n) is 1.69. The number of fused-ring (bicyclic) bond motifs is 1. The summed E-state index contributed by atoms with van der Waals surface area (Å²) in [6.45, 7) is 1.85. The van der Waals surface area contributed by atoms with Crippen molar-refractivity contribution in [1.29, 1.82) is 0 Å². The molecule has 2 aromatic heterocycles. The van der Waals surface area contributed by atoms with Crippen LogP contribution in [0.2, 0.25) is 0 Å². The van der Waals surface area contributed by atoms with E-state index in [0.717, 1.165) is 0 Å². The van der Waals surface area contributed by atoms with E-state index in [1.165, 1.54) is 6.07 Å². The zero-order valence-corrected chi connectivity index (χ0v) is 10.1. The molecule has 0 aliphatic heterocycles. The monoisotopic (exact) mass is 259 g/mol. The maximum Gasteiger partial charge on any atom is 0.262 e. The van der Waals surface area contributed by atoms with Crippen LogP contribution in [0, 0.1) is 12.7 Å². The van der Waals surface area contributed by atoms with Gasteiger partial charge in [-0.1, -0.05) is 0 Å². The molecule has 0 N–H and O–H groups in total. The lowest BCUT2D eigenvalue weighted by Gasteiger charge is -2.01. The van der Waals surface area contributed by atoms with E-state index in [9.17, 15) is 4.39 Å². The number of hydrogen-bond acceptors (Lipinski definition) is 5. The molecule has 19 heavy (non-hydrogen) atoms. The Morgan fingerprint density at radius 1 is 1.26 bits per heavy atom. The molecule has 0 fully saturated rings. The Morgan fingerprint density at radius 3 is 2.84 bits per heavy atom. The second kappa shape index (κ2) is 4.64. The molecule has 0 radical (unpaired) electrons. The van der Waals surface area contributed by atoms with E-state index < -0.39 is 0 Å². The number of halogens is 1. The topological polar surface area (TPSA) is 61.0 Å². The average molecular weight is 259 g/mol. The molecule has 96 valence electrons. The highest BCUT2D eigenvalue weighted by molar-refractivity contribution is 5.82. The minimum atomic E-state index is -0.332. The van der Waals surface area contributed by atoms with Crippen LogP contribution in [-0.2, 0) is 6.61 Å². The van der Waals surface area contributed by atoms with E-state index in [-0.39, 0.29) is 12.4 Å². The first-order valence-electron chi connectivity index (χ1n) is 5.68. The Kier molecular flexibility index (Phi) is 2.83. The first-order valence-corrected chi connectivity index (χ1v) is 5.68. The van der Waals surface area contributed by atoms with E-state index >= 15 is 0 Å². The Labute approximate surface area is 108 Å². The lowest BCUT2D eigenvalue weighted by Crippen LogP contribution is -2.00. The van der Waals surface area contributed by atoms with E-state index in [0.29, 0.717) is 28.2 Å². The Hall–Kier alpha value is -2.50. The standard InChI is InChI=1S/C13H10FN3O2/c1-8-5-9-11(6-10(8)14)19-17-13(9)18-7-12-15-3-2-4-16-12/h2-6H,7H2,1H3. The van der Waals surface area contributed by atoms with Gasteiger partial charge in [0.15, 0.2) is 11.4 Å². The highest BCUT2D eigenvalue weighted by Crippen LogP contribution is 2.27. The van der Waals surface area contributed by atoms with Crippen molar-refractivity contribution in [2.75, 3.05) is 0 Å². The molecule has 0 saturated heterocycles. The molecule has 0 atom stereocenters. The number of rotatable bonds is 3. The third-order valence-electron chi connectivity index (χ3n) is 2.68. The number of ether oxygens (including phenoxy) is 1. The predicted molar refractivity (Wildman–Crippen MR) is 65.1 cm³/mol. The van der Waals surface area contributed by atoms with E-state index in [1.807, 2.05) is 0 Å². The summed E-state index contributed by atoms with van der Waals surface area (Å²) >= 11 is 0. The van der Waals surface area contributed by atoms with Crippen LogP contribution in [0.4, 0.5) is 4.39 Å². The van der Waals surface area contributed by atoms with Gasteiger partial charge < -0.3 is 9.26 Å². The maximum atomic E-state index is 13.4. The van der Waals surface area contributed by atoms with Gasteiger partial charge in [-0.25, -0.2) is 14.4 Å². The Bertz CT molecular complexity index is 712. The van der Waals surface area contributed by atoms with E-state index in [4.69, 9.17) is 9.26 Å². The maximum absolute atomic E-state index is 13.4. The van der Waals surface area contributed by atoms with Crippen molar-refractivity contribution >= 4 is 11.0 Å². The third-order valence-corrected chi connectivity index (χ3v) is 2.68.